The molecule has 2 amide bonds. The lowest BCUT2D eigenvalue weighted by Crippen LogP contribution is -2.51. The van der Waals surface area contributed by atoms with Crippen molar-refractivity contribution in [2.24, 2.45) is 0 Å². The topological polar surface area (TPSA) is 57.7 Å². The van der Waals surface area contributed by atoms with E-state index in [1.807, 2.05) is 29.2 Å². The molecular formula is C18H22N4O2. The van der Waals surface area contributed by atoms with Crippen LogP contribution in [0, 0.1) is 0 Å². The van der Waals surface area contributed by atoms with Crippen molar-refractivity contribution >= 4 is 11.7 Å². The normalized spacial score (nSPS) is 14.4. The van der Waals surface area contributed by atoms with E-state index < -0.39 is 0 Å². The summed E-state index contributed by atoms with van der Waals surface area (Å²) >= 11 is 0. The molecule has 0 unspecified atom stereocenters. The van der Waals surface area contributed by atoms with Crippen LogP contribution in [-0.4, -0.2) is 49.2 Å². The lowest BCUT2D eigenvalue weighted by molar-refractivity contribution is 0.194. The van der Waals surface area contributed by atoms with Gasteiger partial charge in [0.25, 0.3) is 0 Å². The minimum absolute atomic E-state index is 0.0291. The molecule has 0 atom stereocenters. The molecule has 1 aromatic heterocycles. The number of nitrogens with one attached hydrogen (secondary N) is 1. The van der Waals surface area contributed by atoms with Gasteiger partial charge < -0.3 is 19.9 Å². The van der Waals surface area contributed by atoms with Crippen molar-refractivity contribution in [2.75, 3.05) is 38.2 Å². The third-order valence-corrected chi connectivity index (χ3v) is 4.14. The van der Waals surface area contributed by atoms with Crippen molar-refractivity contribution in [3.05, 3.63) is 54.2 Å². The summed E-state index contributed by atoms with van der Waals surface area (Å²) in [6.07, 6.45) is 1.71. The van der Waals surface area contributed by atoms with Gasteiger partial charge in [0.2, 0.25) is 5.88 Å². The standard InChI is InChI=1S/C18H22N4O2/c1-24-17-8-7-15(13-19-17)14-20-18(23)22-11-9-21(10-12-22)16-5-3-2-4-6-16/h2-8,13H,9-12,14H2,1H3,(H,20,23). The molecule has 1 aliphatic heterocycles. The first-order chi connectivity index (χ1) is 11.8. The van der Waals surface area contributed by atoms with Crippen molar-refractivity contribution in [1.29, 1.82) is 0 Å². The fraction of sp³-hybridized carbons (Fsp3) is 0.333. The second-order valence-corrected chi connectivity index (χ2v) is 5.68. The Morgan fingerprint density at radius 2 is 1.88 bits per heavy atom. The molecule has 1 N–H and O–H groups in total. The number of amides is 2. The average Bonchev–Trinajstić information content (AvgIpc) is 2.67. The predicted molar refractivity (Wildman–Crippen MR) is 93.3 cm³/mol. The number of carbonyl (C=O) groups excluding carboxylic acids is 1. The fourth-order valence-corrected chi connectivity index (χ4v) is 2.73. The number of ether oxygens (including phenoxy) is 1. The summed E-state index contributed by atoms with van der Waals surface area (Å²) in [5.41, 5.74) is 2.16. The molecule has 1 aromatic carbocycles. The minimum atomic E-state index is -0.0291. The third-order valence-electron chi connectivity index (χ3n) is 4.14. The van der Waals surface area contributed by atoms with Crippen LogP contribution in [0.5, 0.6) is 5.88 Å². The first-order valence-electron chi connectivity index (χ1n) is 8.08. The Hall–Kier alpha value is -2.76. The molecular weight excluding hydrogens is 304 g/mol. The van der Waals surface area contributed by atoms with Gasteiger partial charge >= 0.3 is 6.03 Å². The molecule has 0 saturated carbocycles. The van der Waals surface area contributed by atoms with Gasteiger partial charge in [-0.05, 0) is 17.7 Å². The van der Waals surface area contributed by atoms with E-state index in [4.69, 9.17) is 4.74 Å². The Bertz CT molecular complexity index is 652. The number of carbonyl (C=O) groups is 1. The summed E-state index contributed by atoms with van der Waals surface area (Å²) in [5.74, 6) is 0.571. The van der Waals surface area contributed by atoms with Crippen LogP contribution in [0.4, 0.5) is 10.5 Å². The summed E-state index contributed by atoms with van der Waals surface area (Å²) in [5, 5.41) is 2.95. The van der Waals surface area contributed by atoms with Gasteiger partial charge in [0.05, 0.1) is 7.11 Å². The molecule has 1 aliphatic rings. The smallest absolute Gasteiger partial charge is 0.317 e. The van der Waals surface area contributed by atoms with Crippen LogP contribution in [-0.2, 0) is 6.54 Å². The number of rotatable bonds is 4. The summed E-state index contributed by atoms with van der Waals surface area (Å²) in [6.45, 7) is 3.61. The highest BCUT2D eigenvalue weighted by atomic mass is 16.5. The Balaban J connectivity index is 1.46. The third kappa shape index (κ3) is 3.95. The van der Waals surface area contributed by atoms with Crippen molar-refractivity contribution in [3.8, 4) is 5.88 Å². The molecule has 2 heterocycles. The van der Waals surface area contributed by atoms with Gasteiger partial charge in [-0.1, -0.05) is 24.3 Å². The minimum Gasteiger partial charge on any atom is -0.481 e. The maximum Gasteiger partial charge on any atom is 0.317 e. The number of nitrogens with zero attached hydrogens (tertiary/aromatic N) is 3. The molecule has 1 fully saturated rings. The summed E-state index contributed by atoms with van der Waals surface area (Å²) in [7, 11) is 1.58. The number of urea groups is 1. The zero-order valence-corrected chi connectivity index (χ0v) is 13.8. The van der Waals surface area contributed by atoms with Crippen molar-refractivity contribution in [2.45, 2.75) is 6.54 Å². The number of benzene rings is 1. The quantitative estimate of drug-likeness (QED) is 0.935. The predicted octanol–water partition coefficient (Wildman–Crippen LogP) is 2.12. The molecule has 0 spiro atoms. The van der Waals surface area contributed by atoms with Crippen molar-refractivity contribution < 1.29 is 9.53 Å². The fourth-order valence-electron chi connectivity index (χ4n) is 2.73. The van der Waals surface area contributed by atoms with Gasteiger partial charge in [0, 0.05) is 50.7 Å². The van der Waals surface area contributed by atoms with Crippen molar-refractivity contribution in [1.82, 2.24) is 15.2 Å². The first-order valence-corrected chi connectivity index (χ1v) is 8.08. The molecule has 2 aromatic rings. The van der Waals surface area contributed by atoms with E-state index in [1.54, 1.807) is 19.4 Å². The molecule has 3 rings (SSSR count). The van der Waals surface area contributed by atoms with Gasteiger partial charge in [-0.25, -0.2) is 9.78 Å². The SMILES string of the molecule is COc1ccc(CNC(=O)N2CCN(c3ccccc3)CC2)cn1. The van der Waals surface area contributed by atoms with Crippen molar-refractivity contribution in [3.63, 3.8) is 0 Å². The van der Waals surface area contributed by atoms with Crippen LogP contribution in [0.25, 0.3) is 0 Å². The molecule has 6 heteroatoms. The van der Waals surface area contributed by atoms with E-state index in [0.717, 1.165) is 31.7 Å². The average molecular weight is 326 g/mol. The van der Waals surface area contributed by atoms with Crippen LogP contribution in [0.3, 0.4) is 0 Å². The van der Waals surface area contributed by atoms with Crippen LogP contribution in [0.15, 0.2) is 48.7 Å². The highest BCUT2D eigenvalue weighted by Crippen LogP contribution is 2.15. The van der Waals surface area contributed by atoms with E-state index in [0.29, 0.717) is 12.4 Å². The lowest BCUT2D eigenvalue weighted by Gasteiger charge is -2.36. The largest absolute Gasteiger partial charge is 0.481 e. The van der Waals surface area contributed by atoms with E-state index in [2.05, 4.69) is 27.3 Å². The summed E-state index contributed by atoms with van der Waals surface area (Å²) in [4.78, 5) is 20.6. The molecule has 0 aliphatic carbocycles. The first kappa shape index (κ1) is 16.1. The highest BCUT2D eigenvalue weighted by Gasteiger charge is 2.20. The number of methoxy groups -OCH3 is 1. The molecule has 1 saturated heterocycles. The Kier molecular flexibility index (Phi) is 5.15. The van der Waals surface area contributed by atoms with E-state index in [1.165, 1.54) is 5.69 Å². The van der Waals surface area contributed by atoms with Crippen LogP contribution >= 0.6 is 0 Å². The molecule has 0 radical (unpaired) electrons. The maximum absolute atomic E-state index is 12.3. The number of piperazine rings is 1. The Morgan fingerprint density at radius 1 is 1.12 bits per heavy atom. The number of hydrogen-bond donors (Lipinski definition) is 1. The molecule has 24 heavy (non-hydrogen) atoms. The van der Waals surface area contributed by atoms with Crippen LogP contribution in [0.1, 0.15) is 5.56 Å². The van der Waals surface area contributed by atoms with Gasteiger partial charge in [-0.3, -0.25) is 0 Å². The number of anilines is 1. The lowest BCUT2D eigenvalue weighted by atomic mass is 10.2. The second kappa shape index (κ2) is 7.68. The van der Waals surface area contributed by atoms with Gasteiger partial charge in [-0.2, -0.15) is 0 Å². The zero-order chi connectivity index (χ0) is 16.8. The highest BCUT2D eigenvalue weighted by molar-refractivity contribution is 5.74. The molecule has 6 nitrogen and oxygen atoms in total. The number of pyridine rings is 1. The number of aromatic nitrogens is 1. The van der Waals surface area contributed by atoms with Gasteiger partial charge in [0.15, 0.2) is 0 Å². The number of hydrogen-bond acceptors (Lipinski definition) is 4. The van der Waals surface area contributed by atoms with E-state index in [9.17, 15) is 4.79 Å². The van der Waals surface area contributed by atoms with Crippen LogP contribution in [0.2, 0.25) is 0 Å². The monoisotopic (exact) mass is 326 g/mol. The Labute approximate surface area is 142 Å². The molecule has 0 bridgehead atoms. The summed E-state index contributed by atoms with van der Waals surface area (Å²) in [6, 6.07) is 14.0. The number of para-hydroxylation sites is 1. The zero-order valence-electron chi connectivity index (χ0n) is 13.8. The van der Waals surface area contributed by atoms with Gasteiger partial charge in [0.1, 0.15) is 0 Å². The summed E-state index contributed by atoms with van der Waals surface area (Å²) < 4.78 is 5.03. The van der Waals surface area contributed by atoms with E-state index in [-0.39, 0.29) is 6.03 Å². The van der Waals surface area contributed by atoms with Crippen LogP contribution < -0.4 is 15.0 Å². The maximum atomic E-state index is 12.3. The van der Waals surface area contributed by atoms with Gasteiger partial charge in [-0.15, -0.1) is 0 Å². The Morgan fingerprint density at radius 3 is 2.50 bits per heavy atom. The van der Waals surface area contributed by atoms with E-state index >= 15 is 0 Å². The molecule has 126 valence electrons. The second-order valence-electron chi connectivity index (χ2n) is 5.68.